The molecule has 0 aliphatic carbocycles. The molecule has 0 atom stereocenters. The van der Waals surface area contributed by atoms with Crippen LogP contribution >= 0.6 is 0 Å². The highest BCUT2D eigenvalue weighted by Crippen LogP contribution is 2.28. The summed E-state index contributed by atoms with van der Waals surface area (Å²) in [6.45, 7) is 3.31. The summed E-state index contributed by atoms with van der Waals surface area (Å²) >= 11 is 0. The molecule has 0 spiro atoms. The molecule has 6 heteroatoms. The number of hydrogen-bond acceptors (Lipinski definition) is 2. The maximum absolute atomic E-state index is 13.8. The van der Waals surface area contributed by atoms with Gasteiger partial charge in [0.2, 0.25) is 5.91 Å². The zero-order valence-corrected chi connectivity index (χ0v) is 11.4. The molecule has 1 heterocycles. The van der Waals surface area contributed by atoms with Gasteiger partial charge in [-0.3, -0.25) is 14.5 Å². The molecular weight excluding hydrogens is 266 g/mol. The maximum atomic E-state index is 13.8. The Labute approximate surface area is 115 Å². The molecule has 1 aromatic carbocycles. The van der Waals surface area contributed by atoms with Crippen LogP contribution in [0.2, 0.25) is 0 Å². The molecular formula is C14H16F2N2O2. The molecule has 1 N–H and O–H groups in total. The molecule has 2 amide bonds. The summed E-state index contributed by atoms with van der Waals surface area (Å²) in [6.07, 6.45) is 0.820. The Morgan fingerprint density at radius 3 is 2.45 bits per heavy atom. The Morgan fingerprint density at radius 2 is 1.90 bits per heavy atom. The van der Waals surface area contributed by atoms with Crippen molar-refractivity contribution in [1.29, 1.82) is 0 Å². The normalized spacial score (nSPS) is 18.1. The van der Waals surface area contributed by atoms with Gasteiger partial charge in [0.05, 0.1) is 5.69 Å². The average molecular weight is 282 g/mol. The maximum Gasteiger partial charge on any atom is 0.253 e. The molecule has 1 aromatic rings. The van der Waals surface area contributed by atoms with E-state index < -0.39 is 17.2 Å². The SMILES string of the molecule is CCC1(CC)NC(=O)CN(c2ccc(F)cc2F)C1=O. The first-order valence-corrected chi connectivity index (χ1v) is 6.51. The second-order valence-corrected chi connectivity index (χ2v) is 4.82. The van der Waals surface area contributed by atoms with Gasteiger partial charge in [-0.1, -0.05) is 13.8 Å². The molecule has 20 heavy (non-hydrogen) atoms. The van der Waals surface area contributed by atoms with Gasteiger partial charge in [-0.25, -0.2) is 8.78 Å². The summed E-state index contributed by atoms with van der Waals surface area (Å²) in [6, 6.07) is 2.95. The van der Waals surface area contributed by atoms with Crippen LogP contribution in [0.25, 0.3) is 0 Å². The summed E-state index contributed by atoms with van der Waals surface area (Å²) in [5.74, 6) is -2.30. The minimum absolute atomic E-state index is 0.0717. The number of nitrogens with one attached hydrogen (secondary N) is 1. The second-order valence-electron chi connectivity index (χ2n) is 4.82. The van der Waals surface area contributed by atoms with Crippen LogP contribution in [-0.2, 0) is 9.59 Å². The van der Waals surface area contributed by atoms with Crippen LogP contribution in [0.15, 0.2) is 18.2 Å². The van der Waals surface area contributed by atoms with Crippen molar-refractivity contribution >= 4 is 17.5 Å². The van der Waals surface area contributed by atoms with E-state index in [1.807, 2.05) is 0 Å². The summed E-state index contributed by atoms with van der Waals surface area (Å²) in [7, 11) is 0. The van der Waals surface area contributed by atoms with E-state index in [1.54, 1.807) is 13.8 Å². The van der Waals surface area contributed by atoms with E-state index in [9.17, 15) is 18.4 Å². The first-order valence-electron chi connectivity index (χ1n) is 6.51. The molecule has 0 radical (unpaired) electrons. The van der Waals surface area contributed by atoms with Crippen LogP contribution in [0, 0.1) is 11.6 Å². The van der Waals surface area contributed by atoms with Crippen LogP contribution in [0.5, 0.6) is 0 Å². The standard InChI is InChI=1S/C14H16F2N2O2/c1-3-14(4-2)13(20)18(8-12(19)17-14)11-6-5-9(15)7-10(11)16/h5-7H,3-4,8H2,1-2H3,(H,17,19). The molecule has 1 fully saturated rings. The number of anilines is 1. The zero-order valence-electron chi connectivity index (χ0n) is 11.4. The fourth-order valence-electron chi connectivity index (χ4n) is 2.46. The lowest BCUT2D eigenvalue weighted by Crippen LogP contribution is -2.66. The van der Waals surface area contributed by atoms with Gasteiger partial charge < -0.3 is 5.32 Å². The van der Waals surface area contributed by atoms with Crippen molar-refractivity contribution in [1.82, 2.24) is 5.32 Å². The third kappa shape index (κ3) is 2.26. The van der Waals surface area contributed by atoms with Crippen molar-refractivity contribution in [2.24, 2.45) is 0 Å². The number of benzene rings is 1. The minimum Gasteiger partial charge on any atom is -0.340 e. The second kappa shape index (κ2) is 5.19. The Bertz CT molecular complexity index is 556. The highest BCUT2D eigenvalue weighted by molar-refractivity contribution is 6.09. The van der Waals surface area contributed by atoms with Crippen LogP contribution in [-0.4, -0.2) is 23.9 Å². The summed E-state index contributed by atoms with van der Waals surface area (Å²) in [5, 5.41) is 2.68. The van der Waals surface area contributed by atoms with Crippen molar-refractivity contribution in [3.8, 4) is 0 Å². The van der Waals surface area contributed by atoms with E-state index in [4.69, 9.17) is 0 Å². The highest BCUT2D eigenvalue weighted by atomic mass is 19.1. The molecule has 4 nitrogen and oxygen atoms in total. The Kier molecular flexibility index (Phi) is 3.74. The van der Waals surface area contributed by atoms with E-state index in [2.05, 4.69) is 5.32 Å². The van der Waals surface area contributed by atoms with Crippen molar-refractivity contribution in [3.63, 3.8) is 0 Å². The van der Waals surface area contributed by atoms with E-state index in [1.165, 1.54) is 6.07 Å². The lowest BCUT2D eigenvalue weighted by Gasteiger charge is -2.41. The molecule has 1 aliphatic heterocycles. The van der Waals surface area contributed by atoms with Crippen LogP contribution < -0.4 is 10.2 Å². The van der Waals surface area contributed by atoms with Crippen molar-refractivity contribution in [2.45, 2.75) is 32.2 Å². The number of carbonyl (C=O) groups is 2. The molecule has 0 saturated carbocycles. The van der Waals surface area contributed by atoms with Gasteiger partial charge in [-0.05, 0) is 25.0 Å². The van der Waals surface area contributed by atoms with Gasteiger partial charge >= 0.3 is 0 Å². The highest BCUT2D eigenvalue weighted by Gasteiger charge is 2.45. The molecule has 1 saturated heterocycles. The van der Waals surface area contributed by atoms with Crippen LogP contribution in [0.1, 0.15) is 26.7 Å². The lowest BCUT2D eigenvalue weighted by atomic mass is 9.88. The lowest BCUT2D eigenvalue weighted by molar-refractivity contribution is -0.136. The van der Waals surface area contributed by atoms with Gasteiger partial charge in [0.15, 0.2) is 0 Å². The number of carbonyl (C=O) groups excluding carboxylic acids is 2. The monoisotopic (exact) mass is 282 g/mol. The largest absolute Gasteiger partial charge is 0.340 e. The molecule has 0 bridgehead atoms. The number of amides is 2. The Balaban J connectivity index is 2.45. The Hall–Kier alpha value is -1.98. The van der Waals surface area contributed by atoms with Crippen molar-refractivity contribution < 1.29 is 18.4 Å². The van der Waals surface area contributed by atoms with Gasteiger partial charge in [0.25, 0.3) is 5.91 Å². The van der Waals surface area contributed by atoms with Crippen molar-refractivity contribution in [3.05, 3.63) is 29.8 Å². The van der Waals surface area contributed by atoms with E-state index >= 15 is 0 Å². The van der Waals surface area contributed by atoms with E-state index in [0.717, 1.165) is 11.0 Å². The quantitative estimate of drug-likeness (QED) is 0.921. The van der Waals surface area contributed by atoms with E-state index in [0.29, 0.717) is 18.9 Å². The van der Waals surface area contributed by atoms with Gasteiger partial charge in [-0.15, -0.1) is 0 Å². The fourth-order valence-corrected chi connectivity index (χ4v) is 2.46. The third-order valence-electron chi connectivity index (χ3n) is 3.74. The molecule has 2 rings (SSSR count). The summed E-state index contributed by atoms with van der Waals surface area (Å²) in [4.78, 5) is 25.4. The minimum atomic E-state index is -1.02. The predicted molar refractivity (Wildman–Crippen MR) is 70.2 cm³/mol. The predicted octanol–water partition coefficient (Wildman–Crippen LogP) is 1.99. The zero-order chi connectivity index (χ0) is 14.9. The van der Waals surface area contributed by atoms with Gasteiger partial charge in [-0.2, -0.15) is 0 Å². The smallest absolute Gasteiger partial charge is 0.253 e. The van der Waals surface area contributed by atoms with E-state index in [-0.39, 0.29) is 24.0 Å². The van der Waals surface area contributed by atoms with Gasteiger partial charge in [0, 0.05) is 6.07 Å². The fraction of sp³-hybridized carbons (Fsp3) is 0.429. The first-order chi connectivity index (χ1) is 9.43. The molecule has 1 aliphatic rings. The molecule has 0 aromatic heterocycles. The summed E-state index contributed by atoms with van der Waals surface area (Å²) < 4.78 is 26.8. The first kappa shape index (κ1) is 14.4. The molecule has 0 unspecified atom stereocenters. The third-order valence-corrected chi connectivity index (χ3v) is 3.74. The number of hydrogen-bond donors (Lipinski definition) is 1. The number of nitrogens with zero attached hydrogens (tertiary/aromatic N) is 1. The average Bonchev–Trinajstić information content (AvgIpc) is 2.41. The van der Waals surface area contributed by atoms with Crippen LogP contribution in [0.3, 0.4) is 0 Å². The molecule has 108 valence electrons. The number of halogens is 2. The topological polar surface area (TPSA) is 49.4 Å². The van der Waals surface area contributed by atoms with Crippen molar-refractivity contribution in [2.75, 3.05) is 11.4 Å². The number of piperazine rings is 1. The van der Waals surface area contributed by atoms with Crippen LogP contribution in [0.4, 0.5) is 14.5 Å². The number of rotatable bonds is 3. The summed E-state index contributed by atoms with van der Waals surface area (Å²) in [5.41, 5.74) is -1.09. The van der Waals surface area contributed by atoms with Gasteiger partial charge in [0.1, 0.15) is 23.7 Å². The Morgan fingerprint density at radius 1 is 1.25 bits per heavy atom.